The summed E-state index contributed by atoms with van der Waals surface area (Å²) in [5, 5.41) is 7.73. The maximum atomic E-state index is 5.67. The van der Waals surface area contributed by atoms with E-state index in [-0.39, 0.29) is 0 Å². The van der Waals surface area contributed by atoms with E-state index in [1.165, 1.54) is 5.56 Å². The Hall–Kier alpha value is -1.03. The molecule has 0 bridgehead atoms. The molecule has 0 aromatic carbocycles. The molecule has 0 aliphatic carbocycles. The lowest BCUT2D eigenvalue weighted by atomic mass is 10.2. The van der Waals surface area contributed by atoms with Crippen LogP contribution in [0, 0.1) is 12.8 Å². The van der Waals surface area contributed by atoms with E-state index in [0.29, 0.717) is 12.5 Å². The largest absolute Gasteiger partial charge is 0.376 e. The Labute approximate surface area is 98.0 Å². The van der Waals surface area contributed by atoms with Gasteiger partial charge in [0.05, 0.1) is 12.3 Å². The zero-order valence-electron chi connectivity index (χ0n) is 11.0. The molecular weight excluding hydrogens is 202 g/mol. The fraction of sp³-hybridized carbons (Fsp3) is 0.750. The number of aromatic nitrogens is 2. The van der Waals surface area contributed by atoms with Crippen molar-refractivity contribution in [3.63, 3.8) is 0 Å². The van der Waals surface area contributed by atoms with Gasteiger partial charge in [0.1, 0.15) is 5.82 Å². The van der Waals surface area contributed by atoms with Gasteiger partial charge in [-0.25, -0.2) is 0 Å². The van der Waals surface area contributed by atoms with E-state index in [4.69, 9.17) is 4.74 Å². The lowest BCUT2D eigenvalue weighted by molar-refractivity contribution is 0.0970. The molecule has 16 heavy (non-hydrogen) atoms. The Morgan fingerprint density at radius 2 is 2.12 bits per heavy atom. The van der Waals surface area contributed by atoms with Crippen LogP contribution in [-0.2, 0) is 18.4 Å². The molecule has 1 heterocycles. The van der Waals surface area contributed by atoms with E-state index in [9.17, 15) is 0 Å². The number of anilines is 1. The second kappa shape index (κ2) is 5.89. The number of hydrogen-bond acceptors (Lipinski definition) is 3. The predicted molar refractivity (Wildman–Crippen MR) is 66.6 cm³/mol. The fourth-order valence-corrected chi connectivity index (χ4v) is 1.66. The van der Waals surface area contributed by atoms with Crippen LogP contribution in [0.4, 0.5) is 5.82 Å². The van der Waals surface area contributed by atoms with Crippen molar-refractivity contribution in [3.05, 3.63) is 11.3 Å². The molecule has 92 valence electrons. The molecule has 1 N–H and O–H groups in total. The molecule has 0 aliphatic heterocycles. The molecule has 1 rings (SSSR count). The highest BCUT2D eigenvalue weighted by molar-refractivity contribution is 5.47. The summed E-state index contributed by atoms with van der Waals surface area (Å²) in [6.07, 6.45) is 0. The van der Waals surface area contributed by atoms with Crippen molar-refractivity contribution in [2.75, 3.05) is 18.5 Å². The van der Waals surface area contributed by atoms with Crippen LogP contribution in [0.15, 0.2) is 0 Å². The molecule has 1 aromatic heterocycles. The highest BCUT2D eigenvalue weighted by atomic mass is 16.5. The van der Waals surface area contributed by atoms with Crippen molar-refractivity contribution >= 4 is 5.82 Å². The summed E-state index contributed by atoms with van der Waals surface area (Å²) in [5.41, 5.74) is 2.22. The summed E-state index contributed by atoms with van der Waals surface area (Å²) in [6.45, 7) is 10.7. The average molecular weight is 225 g/mol. The van der Waals surface area contributed by atoms with Gasteiger partial charge in [-0.2, -0.15) is 5.10 Å². The zero-order valence-corrected chi connectivity index (χ0v) is 11.0. The predicted octanol–water partition coefficient (Wildman–Crippen LogP) is 2.33. The van der Waals surface area contributed by atoms with E-state index in [1.807, 2.05) is 18.7 Å². The van der Waals surface area contributed by atoms with Gasteiger partial charge in [-0.1, -0.05) is 13.8 Å². The topological polar surface area (TPSA) is 39.1 Å². The summed E-state index contributed by atoms with van der Waals surface area (Å²) in [5.74, 6) is 1.64. The third kappa shape index (κ3) is 3.23. The molecule has 0 atom stereocenters. The summed E-state index contributed by atoms with van der Waals surface area (Å²) in [6, 6.07) is 0. The molecule has 0 spiro atoms. The third-order valence-corrected chi connectivity index (χ3v) is 2.39. The molecule has 1 aromatic rings. The van der Waals surface area contributed by atoms with Crippen LogP contribution in [0.2, 0.25) is 0 Å². The van der Waals surface area contributed by atoms with E-state index >= 15 is 0 Å². The minimum absolute atomic E-state index is 0.569. The smallest absolute Gasteiger partial charge is 0.129 e. The van der Waals surface area contributed by atoms with E-state index in [0.717, 1.165) is 24.7 Å². The van der Waals surface area contributed by atoms with Crippen molar-refractivity contribution in [1.29, 1.82) is 0 Å². The van der Waals surface area contributed by atoms with Gasteiger partial charge in [-0.05, 0) is 19.8 Å². The van der Waals surface area contributed by atoms with Crippen molar-refractivity contribution in [2.45, 2.75) is 34.3 Å². The Balaban J connectivity index is 2.69. The molecular formula is C12H23N3O. The summed E-state index contributed by atoms with van der Waals surface area (Å²) < 4.78 is 7.55. The van der Waals surface area contributed by atoms with Gasteiger partial charge in [0, 0.05) is 25.8 Å². The van der Waals surface area contributed by atoms with Gasteiger partial charge in [0.25, 0.3) is 0 Å². The van der Waals surface area contributed by atoms with Crippen LogP contribution < -0.4 is 5.32 Å². The molecule has 0 saturated heterocycles. The quantitative estimate of drug-likeness (QED) is 0.807. The first-order valence-electron chi connectivity index (χ1n) is 5.90. The van der Waals surface area contributed by atoms with Crippen LogP contribution in [0.1, 0.15) is 32.0 Å². The van der Waals surface area contributed by atoms with Crippen molar-refractivity contribution in [1.82, 2.24) is 9.78 Å². The molecule has 0 radical (unpaired) electrons. The van der Waals surface area contributed by atoms with Gasteiger partial charge >= 0.3 is 0 Å². The van der Waals surface area contributed by atoms with E-state index in [1.54, 1.807) is 0 Å². The second-order valence-corrected chi connectivity index (χ2v) is 4.48. The summed E-state index contributed by atoms with van der Waals surface area (Å²) in [7, 11) is 1.96. The number of rotatable bonds is 6. The highest BCUT2D eigenvalue weighted by Gasteiger charge is 2.12. The summed E-state index contributed by atoms with van der Waals surface area (Å²) in [4.78, 5) is 0. The molecule has 0 aliphatic rings. The third-order valence-electron chi connectivity index (χ3n) is 2.39. The van der Waals surface area contributed by atoms with Gasteiger partial charge in [0.2, 0.25) is 0 Å². The first-order chi connectivity index (χ1) is 7.56. The molecule has 4 heteroatoms. The standard InChI is InChI=1S/C12H23N3O/c1-6-13-12-11(8-16-7-9(2)3)10(4)14-15(12)5/h9,13H,6-8H2,1-5H3. The first kappa shape index (κ1) is 13.0. The number of aryl methyl sites for hydroxylation is 2. The monoisotopic (exact) mass is 225 g/mol. The first-order valence-corrected chi connectivity index (χ1v) is 5.90. The number of nitrogens with zero attached hydrogens (tertiary/aromatic N) is 2. The van der Waals surface area contributed by atoms with Crippen LogP contribution in [0.3, 0.4) is 0 Å². The van der Waals surface area contributed by atoms with Crippen molar-refractivity contribution in [3.8, 4) is 0 Å². The highest BCUT2D eigenvalue weighted by Crippen LogP contribution is 2.19. The van der Waals surface area contributed by atoms with Crippen molar-refractivity contribution < 1.29 is 4.74 Å². The van der Waals surface area contributed by atoms with Gasteiger partial charge in [0.15, 0.2) is 0 Å². The average Bonchev–Trinajstić information content (AvgIpc) is 2.44. The second-order valence-electron chi connectivity index (χ2n) is 4.48. The summed E-state index contributed by atoms with van der Waals surface area (Å²) >= 11 is 0. The lowest BCUT2D eigenvalue weighted by Crippen LogP contribution is -2.07. The van der Waals surface area contributed by atoms with Gasteiger partial charge in [-0.15, -0.1) is 0 Å². The Kier molecular flexibility index (Phi) is 4.80. The van der Waals surface area contributed by atoms with Crippen LogP contribution in [-0.4, -0.2) is 22.9 Å². The van der Waals surface area contributed by atoms with Gasteiger partial charge in [-0.3, -0.25) is 4.68 Å². The van der Waals surface area contributed by atoms with Gasteiger partial charge < -0.3 is 10.1 Å². The van der Waals surface area contributed by atoms with Crippen LogP contribution >= 0.6 is 0 Å². The maximum absolute atomic E-state index is 5.67. The zero-order chi connectivity index (χ0) is 12.1. The molecule has 0 fully saturated rings. The SMILES string of the molecule is CCNc1c(COCC(C)C)c(C)nn1C. The minimum atomic E-state index is 0.569. The molecule has 4 nitrogen and oxygen atoms in total. The number of hydrogen-bond donors (Lipinski definition) is 1. The Morgan fingerprint density at radius 1 is 1.44 bits per heavy atom. The van der Waals surface area contributed by atoms with E-state index < -0.39 is 0 Å². The fourth-order valence-electron chi connectivity index (χ4n) is 1.66. The minimum Gasteiger partial charge on any atom is -0.376 e. The molecule has 0 unspecified atom stereocenters. The lowest BCUT2D eigenvalue weighted by Gasteiger charge is -2.09. The van der Waals surface area contributed by atoms with Crippen LogP contribution in [0.5, 0.6) is 0 Å². The van der Waals surface area contributed by atoms with Crippen LogP contribution in [0.25, 0.3) is 0 Å². The van der Waals surface area contributed by atoms with Crippen molar-refractivity contribution in [2.24, 2.45) is 13.0 Å². The Bertz CT molecular complexity index is 331. The number of ether oxygens (including phenoxy) is 1. The Morgan fingerprint density at radius 3 is 2.69 bits per heavy atom. The normalized spacial score (nSPS) is 11.1. The molecule has 0 saturated carbocycles. The molecule has 0 amide bonds. The van der Waals surface area contributed by atoms with E-state index in [2.05, 4.69) is 31.2 Å². The number of nitrogens with one attached hydrogen (secondary N) is 1. The maximum Gasteiger partial charge on any atom is 0.129 e.